The van der Waals surface area contributed by atoms with Crippen LogP contribution in [0.2, 0.25) is 0 Å². The molecule has 1 atom stereocenters. The van der Waals surface area contributed by atoms with Gasteiger partial charge in [0.25, 0.3) is 0 Å². The van der Waals surface area contributed by atoms with Gasteiger partial charge in [-0.05, 0) is 44.4 Å². The van der Waals surface area contributed by atoms with Gasteiger partial charge in [-0.25, -0.2) is 4.39 Å². The van der Waals surface area contributed by atoms with Gasteiger partial charge in [0.2, 0.25) is 11.8 Å². The Kier molecular flexibility index (Phi) is 5.79. The summed E-state index contributed by atoms with van der Waals surface area (Å²) in [7, 11) is 0. The second-order valence-corrected chi connectivity index (χ2v) is 8.00. The Bertz CT molecular complexity index is 865. The second-order valence-electron chi connectivity index (χ2n) is 6.70. The largest absolute Gasteiger partial charge is 0.370 e. The molecule has 1 saturated carbocycles. The number of benzene rings is 1. The first-order valence-electron chi connectivity index (χ1n) is 8.80. The Morgan fingerprint density at radius 2 is 2.15 bits per heavy atom. The van der Waals surface area contributed by atoms with Gasteiger partial charge in [-0.15, -0.1) is 10.2 Å². The van der Waals surface area contributed by atoms with Gasteiger partial charge in [0.1, 0.15) is 11.6 Å². The van der Waals surface area contributed by atoms with Crippen LogP contribution in [0.4, 0.5) is 10.1 Å². The molecule has 1 aliphatic carbocycles. The highest BCUT2D eigenvalue weighted by molar-refractivity contribution is 8.00. The third-order valence-electron chi connectivity index (χ3n) is 4.36. The number of amides is 2. The van der Waals surface area contributed by atoms with Gasteiger partial charge < -0.3 is 15.6 Å². The van der Waals surface area contributed by atoms with Gasteiger partial charge in [-0.1, -0.05) is 17.8 Å². The Labute approximate surface area is 160 Å². The summed E-state index contributed by atoms with van der Waals surface area (Å²) in [6.45, 7) is 3.80. The number of thioether (sulfide) groups is 1. The number of aromatic nitrogens is 3. The van der Waals surface area contributed by atoms with Crippen LogP contribution in [0, 0.1) is 12.7 Å². The Hall–Kier alpha value is -2.42. The van der Waals surface area contributed by atoms with Crippen molar-refractivity contribution in [1.29, 1.82) is 0 Å². The van der Waals surface area contributed by atoms with Crippen molar-refractivity contribution < 1.29 is 14.0 Å². The molecule has 0 spiro atoms. The molecule has 0 radical (unpaired) electrons. The highest BCUT2D eigenvalue weighted by Gasteiger charge is 2.31. The summed E-state index contributed by atoms with van der Waals surface area (Å²) in [4.78, 5) is 23.6. The van der Waals surface area contributed by atoms with Gasteiger partial charge in [-0.3, -0.25) is 9.59 Å². The lowest BCUT2D eigenvalue weighted by Gasteiger charge is -2.13. The van der Waals surface area contributed by atoms with E-state index in [9.17, 15) is 14.0 Å². The number of carbonyl (C=O) groups is 2. The van der Waals surface area contributed by atoms with E-state index in [4.69, 9.17) is 5.73 Å². The Morgan fingerprint density at radius 1 is 1.41 bits per heavy atom. The predicted octanol–water partition coefficient (Wildman–Crippen LogP) is 2.60. The maximum atomic E-state index is 13.6. The number of nitrogens with one attached hydrogen (secondary N) is 1. The lowest BCUT2D eigenvalue weighted by molar-refractivity contribution is -0.118. The van der Waals surface area contributed by atoms with Gasteiger partial charge in [0.15, 0.2) is 5.16 Å². The fourth-order valence-corrected chi connectivity index (χ4v) is 3.47. The second kappa shape index (κ2) is 8.08. The topological polar surface area (TPSA) is 103 Å². The van der Waals surface area contributed by atoms with Gasteiger partial charge in [0, 0.05) is 24.6 Å². The van der Waals surface area contributed by atoms with E-state index < -0.39 is 11.2 Å². The van der Waals surface area contributed by atoms with E-state index in [-0.39, 0.29) is 18.1 Å². The number of primary amides is 1. The fourth-order valence-electron chi connectivity index (χ4n) is 2.59. The summed E-state index contributed by atoms with van der Waals surface area (Å²) in [6.07, 6.45) is 2.29. The number of hydrogen-bond acceptors (Lipinski definition) is 5. The van der Waals surface area contributed by atoms with E-state index in [2.05, 4.69) is 15.5 Å². The lowest BCUT2D eigenvalue weighted by atomic mass is 10.2. The van der Waals surface area contributed by atoms with Crippen molar-refractivity contribution >= 4 is 29.3 Å². The summed E-state index contributed by atoms with van der Waals surface area (Å²) in [5.41, 5.74) is 6.19. The summed E-state index contributed by atoms with van der Waals surface area (Å²) >= 11 is 1.25. The predicted molar refractivity (Wildman–Crippen MR) is 101 cm³/mol. The number of carbonyl (C=O) groups excluding carboxylic acids is 2. The molecule has 1 aliphatic rings. The third kappa shape index (κ3) is 4.85. The third-order valence-corrected chi connectivity index (χ3v) is 5.44. The zero-order chi connectivity index (χ0) is 19.6. The molecule has 0 bridgehead atoms. The van der Waals surface area contributed by atoms with Crippen molar-refractivity contribution in [2.45, 2.75) is 56.0 Å². The first-order chi connectivity index (χ1) is 12.8. The molecule has 1 unspecified atom stereocenters. The normalized spacial score (nSPS) is 14.8. The summed E-state index contributed by atoms with van der Waals surface area (Å²) < 4.78 is 15.5. The quantitative estimate of drug-likeness (QED) is 0.673. The Balaban J connectivity index is 1.69. The first kappa shape index (κ1) is 19.3. The molecule has 3 N–H and O–H groups in total. The maximum Gasteiger partial charge on any atom is 0.237 e. The average molecular weight is 391 g/mol. The molecule has 1 aromatic carbocycles. The van der Waals surface area contributed by atoms with Crippen LogP contribution in [0.3, 0.4) is 0 Å². The minimum Gasteiger partial charge on any atom is -0.370 e. The van der Waals surface area contributed by atoms with E-state index in [0.717, 1.165) is 18.7 Å². The highest BCUT2D eigenvalue weighted by atomic mass is 32.2. The summed E-state index contributed by atoms with van der Waals surface area (Å²) in [6, 6.07) is 4.57. The molecule has 1 heterocycles. The van der Waals surface area contributed by atoms with Crippen molar-refractivity contribution in [1.82, 2.24) is 14.8 Å². The number of nitrogens with two attached hydrogens (primary N) is 1. The SMILES string of the molecule is Cc1ccc(NC(=O)C(C)Sc2nnc(C3CC3)n2CCC(N)=O)cc1F. The van der Waals surface area contributed by atoms with Crippen molar-refractivity contribution in [2.24, 2.45) is 5.73 Å². The van der Waals surface area contributed by atoms with Crippen molar-refractivity contribution in [3.63, 3.8) is 0 Å². The molecule has 7 nitrogen and oxygen atoms in total. The minimum atomic E-state index is -0.474. The molecular weight excluding hydrogens is 369 g/mol. The van der Waals surface area contributed by atoms with Crippen molar-refractivity contribution in [3.05, 3.63) is 35.4 Å². The van der Waals surface area contributed by atoms with Crippen LogP contribution in [0.5, 0.6) is 0 Å². The molecule has 0 aliphatic heterocycles. The van der Waals surface area contributed by atoms with Crippen LogP contribution in [0.25, 0.3) is 0 Å². The number of nitrogens with zero attached hydrogens (tertiary/aromatic N) is 3. The van der Waals surface area contributed by atoms with E-state index in [1.807, 2.05) is 4.57 Å². The van der Waals surface area contributed by atoms with Gasteiger partial charge in [-0.2, -0.15) is 0 Å². The van der Waals surface area contributed by atoms with E-state index in [1.54, 1.807) is 26.0 Å². The number of aryl methyl sites for hydroxylation is 1. The van der Waals surface area contributed by atoms with Crippen LogP contribution in [-0.4, -0.2) is 31.8 Å². The average Bonchev–Trinajstić information content (AvgIpc) is 3.38. The number of hydrogen-bond donors (Lipinski definition) is 2. The van der Waals surface area contributed by atoms with Crippen LogP contribution in [0.1, 0.15) is 43.5 Å². The van der Waals surface area contributed by atoms with Crippen LogP contribution in [-0.2, 0) is 16.1 Å². The zero-order valence-electron chi connectivity index (χ0n) is 15.2. The molecule has 2 aromatic rings. The molecule has 1 aromatic heterocycles. The Morgan fingerprint density at radius 3 is 2.78 bits per heavy atom. The number of anilines is 1. The summed E-state index contributed by atoms with van der Waals surface area (Å²) in [5.74, 6) is 0.175. The minimum absolute atomic E-state index is 0.189. The molecule has 2 amide bonds. The monoisotopic (exact) mass is 391 g/mol. The molecule has 27 heavy (non-hydrogen) atoms. The van der Waals surface area contributed by atoms with Crippen LogP contribution < -0.4 is 11.1 Å². The van der Waals surface area contributed by atoms with E-state index in [0.29, 0.717) is 28.9 Å². The van der Waals surface area contributed by atoms with Gasteiger partial charge in [0.05, 0.1) is 5.25 Å². The maximum absolute atomic E-state index is 13.6. The van der Waals surface area contributed by atoms with Crippen molar-refractivity contribution in [3.8, 4) is 0 Å². The molecular formula is C18H22FN5O2S. The number of rotatable bonds is 8. The zero-order valence-corrected chi connectivity index (χ0v) is 16.1. The standard InChI is InChI=1S/C18H22FN5O2S/c1-10-3-6-13(9-14(10)19)21-17(26)11(2)27-18-23-22-16(12-4-5-12)24(18)8-7-15(20)25/h3,6,9,11-12H,4-5,7-8H2,1-2H3,(H2,20,25)(H,21,26). The molecule has 9 heteroatoms. The molecule has 144 valence electrons. The molecule has 1 fully saturated rings. The smallest absolute Gasteiger partial charge is 0.237 e. The first-order valence-corrected chi connectivity index (χ1v) is 9.68. The molecule has 3 rings (SSSR count). The number of halogens is 1. The highest BCUT2D eigenvalue weighted by Crippen LogP contribution is 2.40. The lowest BCUT2D eigenvalue weighted by Crippen LogP contribution is -2.23. The fraction of sp³-hybridized carbons (Fsp3) is 0.444. The van der Waals surface area contributed by atoms with E-state index in [1.165, 1.54) is 17.8 Å². The van der Waals surface area contributed by atoms with E-state index >= 15 is 0 Å². The van der Waals surface area contributed by atoms with Gasteiger partial charge >= 0.3 is 0 Å². The molecule has 0 saturated heterocycles. The summed E-state index contributed by atoms with van der Waals surface area (Å²) in [5, 5.41) is 11.2. The van der Waals surface area contributed by atoms with Crippen molar-refractivity contribution in [2.75, 3.05) is 5.32 Å². The van der Waals surface area contributed by atoms with Crippen LogP contribution in [0.15, 0.2) is 23.4 Å². The van der Waals surface area contributed by atoms with Crippen LogP contribution >= 0.6 is 11.8 Å².